The lowest BCUT2D eigenvalue weighted by molar-refractivity contribution is 0.565. The van der Waals surface area contributed by atoms with Gasteiger partial charge in [0.1, 0.15) is 5.82 Å². The molecule has 0 aliphatic heterocycles. The molecule has 84 valence electrons. The topological polar surface area (TPSA) is 56.7 Å². The quantitative estimate of drug-likeness (QED) is 0.787. The molecule has 0 spiro atoms. The number of hydrogen-bond donors (Lipinski definition) is 1. The summed E-state index contributed by atoms with van der Waals surface area (Å²) in [7, 11) is 2.05. The molecule has 16 heavy (non-hydrogen) atoms. The maximum Gasteiger partial charge on any atom is 0.177 e. The lowest BCUT2D eigenvalue weighted by atomic mass is 10.0. The van der Waals surface area contributed by atoms with E-state index in [1.807, 2.05) is 6.07 Å². The summed E-state index contributed by atoms with van der Waals surface area (Å²) in [6.45, 7) is 0. The fraction of sp³-hybridized carbons (Fsp3) is 0.500. The standard InChI is InChI=1S/C12H16N4/c1-16-10-6-3-7-14-11(10)15-12(16)8-4-2-5-9(8)13/h3,6-9H,2,4-5,13H2,1H3. The third kappa shape index (κ3) is 1.33. The minimum atomic E-state index is 0.260. The average Bonchev–Trinajstić information content (AvgIpc) is 2.84. The Bertz CT molecular complexity index is 517. The fourth-order valence-corrected chi connectivity index (χ4v) is 2.68. The van der Waals surface area contributed by atoms with Crippen molar-refractivity contribution in [3.8, 4) is 0 Å². The van der Waals surface area contributed by atoms with Gasteiger partial charge in [-0.2, -0.15) is 0 Å². The molecule has 2 atom stereocenters. The summed E-state index contributed by atoms with van der Waals surface area (Å²) >= 11 is 0. The lowest BCUT2D eigenvalue weighted by Crippen LogP contribution is -2.24. The molecule has 1 saturated carbocycles. The Balaban J connectivity index is 2.13. The van der Waals surface area contributed by atoms with Crippen LogP contribution in [0, 0.1) is 0 Å². The first kappa shape index (κ1) is 9.78. The van der Waals surface area contributed by atoms with Crippen molar-refractivity contribution in [3.05, 3.63) is 24.2 Å². The van der Waals surface area contributed by atoms with E-state index in [1.54, 1.807) is 6.20 Å². The van der Waals surface area contributed by atoms with E-state index < -0.39 is 0 Å². The van der Waals surface area contributed by atoms with Crippen LogP contribution in [0.3, 0.4) is 0 Å². The SMILES string of the molecule is Cn1c(C2CCCC2N)nc2ncccc21. The Morgan fingerprint density at radius 2 is 2.31 bits per heavy atom. The molecule has 0 aromatic carbocycles. The number of fused-ring (bicyclic) bond motifs is 1. The van der Waals surface area contributed by atoms with Crippen LogP contribution in [0.4, 0.5) is 0 Å². The van der Waals surface area contributed by atoms with E-state index >= 15 is 0 Å². The van der Waals surface area contributed by atoms with Crippen LogP contribution in [0.5, 0.6) is 0 Å². The van der Waals surface area contributed by atoms with E-state index in [9.17, 15) is 0 Å². The van der Waals surface area contributed by atoms with Gasteiger partial charge in [-0.1, -0.05) is 6.42 Å². The van der Waals surface area contributed by atoms with Crippen molar-refractivity contribution in [2.75, 3.05) is 0 Å². The second-order valence-corrected chi connectivity index (χ2v) is 4.58. The van der Waals surface area contributed by atoms with Crippen LogP contribution >= 0.6 is 0 Å². The van der Waals surface area contributed by atoms with Crippen molar-refractivity contribution in [2.45, 2.75) is 31.2 Å². The van der Waals surface area contributed by atoms with Gasteiger partial charge in [-0.3, -0.25) is 0 Å². The van der Waals surface area contributed by atoms with Crippen molar-refractivity contribution in [1.82, 2.24) is 14.5 Å². The summed E-state index contributed by atoms with van der Waals surface area (Å²) in [5, 5.41) is 0. The second-order valence-electron chi connectivity index (χ2n) is 4.58. The Kier molecular flexibility index (Phi) is 2.17. The Labute approximate surface area is 94.5 Å². The average molecular weight is 216 g/mol. The van der Waals surface area contributed by atoms with Gasteiger partial charge in [0.15, 0.2) is 5.65 Å². The number of aromatic nitrogens is 3. The number of aryl methyl sites for hydroxylation is 1. The minimum absolute atomic E-state index is 0.260. The summed E-state index contributed by atoms with van der Waals surface area (Å²) in [6.07, 6.45) is 5.26. The molecule has 0 bridgehead atoms. The van der Waals surface area contributed by atoms with E-state index in [2.05, 4.69) is 27.6 Å². The molecule has 0 saturated heterocycles. The molecule has 1 fully saturated rings. The molecule has 4 heteroatoms. The molecular formula is C12H16N4. The molecule has 2 unspecified atom stereocenters. The van der Waals surface area contributed by atoms with Crippen LogP contribution in [0.15, 0.2) is 18.3 Å². The van der Waals surface area contributed by atoms with Crippen LogP contribution in [0.2, 0.25) is 0 Å². The summed E-state index contributed by atoms with van der Waals surface area (Å²) < 4.78 is 2.14. The Hall–Kier alpha value is -1.42. The van der Waals surface area contributed by atoms with Gasteiger partial charge in [0, 0.05) is 25.2 Å². The molecule has 2 heterocycles. The second kappa shape index (κ2) is 3.56. The molecule has 0 amide bonds. The number of rotatable bonds is 1. The molecular weight excluding hydrogens is 200 g/mol. The molecule has 2 aromatic rings. The zero-order valence-corrected chi connectivity index (χ0v) is 9.43. The number of imidazole rings is 1. The normalized spacial score (nSPS) is 25.4. The third-order valence-electron chi connectivity index (χ3n) is 3.59. The molecule has 4 nitrogen and oxygen atoms in total. The molecule has 1 aliphatic carbocycles. The van der Waals surface area contributed by atoms with Gasteiger partial charge in [0.05, 0.1) is 5.52 Å². The third-order valence-corrected chi connectivity index (χ3v) is 3.59. The lowest BCUT2D eigenvalue weighted by Gasteiger charge is -2.14. The van der Waals surface area contributed by atoms with E-state index in [0.717, 1.165) is 29.8 Å². The first-order chi connectivity index (χ1) is 7.77. The van der Waals surface area contributed by atoms with Gasteiger partial charge < -0.3 is 10.3 Å². The molecule has 3 rings (SSSR count). The maximum absolute atomic E-state index is 6.13. The maximum atomic E-state index is 6.13. The zero-order valence-electron chi connectivity index (χ0n) is 9.43. The van der Waals surface area contributed by atoms with Crippen LogP contribution in [-0.2, 0) is 7.05 Å². The highest BCUT2D eigenvalue weighted by molar-refractivity contribution is 5.71. The summed E-state index contributed by atoms with van der Waals surface area (Å²) in [5.41, 5.74) is 8.05. The van der Waals surface area contributed by atoms with Crippen LogP contribution in [-0.4, -0.2) is 20.6 Å². The van der Waals surface area contributed by atoms with Crippen molar-refractivity contribution in [2.24, 2.45) is 12.8 Å². The van der Waals surface area contributed by atoms with Gasteiger partial charge in [-0.15, -0.1) is 0 Å². The van der Waals surface area contributed by atoms with Crippen LogP contribution in [0.1, 0.15) is 31.0 Å². The van der Waals surface area contributed by atoms with Crippen molar-refractivity contribution < 1.29 is 0 Å². The van der Waals surface area contributed by atoms with E-state index in [4.69, 9.17) is 5.73 Å². The summed E-state index contributed by atoms with van der Waals surface area (Å²) in [4.78, 5) is 8.90. The van der Waals surface area contributed by atoms with Gasteiger partial charge >= 0.3 is 0 Å². The first-order valence-electron chi connectivity index (χ1n) is 5.80. The van der Waals surface area contributed by atoms with Crippen LogP contribution in [0.25, 0.3) is 11.2 Å². The zero-order chi connectivity index (χ0) is 11.1. The Morgan fingerprint density at radius 3 is 3.00 bits per heavy atom. The molecule has 1 aliphatic rings. The predicted octanol–water partition coefficient (Wildman–Crippen LogP) is 1.56. The van der Waals surface area contributed by atoms with Gasteiger partial charge in [-0.05, 0) is 25.0 Å². The number of hydrogen-bond acceptors (Lipinski definition) is 3. The smallest absolute Gasteiger partial charge is 0.177 e. The first-order valence-corrected chi connectivity index (χ1v) is 5.80. The van der Waals surface area contributed by atoms with E-state index in [1.165, 1.54) is 6.42 Å². The van der Waals surface area contributed by atoms with Crippen LogP contribution < -0.4 is 5.73 Å². The number of nitrogens with zero attached hydrogens (tertiary/aromatic N) is 3. The highest BCUT2D eigenvalue weighted by Gasteiger charge is 2.29. The monoisotopic (exact) mass is 216 g/mol. The Morgan fingerprint density at radius 1 is 1.44 bits per heavy atom. The van der Waals surface area contributed by atoms with E-state index in [-0.39, 0.29) is 6.04 Å². The van der Waals surface area contributed by atoms with Gasteiger partial charge in [0.25, 0.3) is 0 Å². The van der Waals surface area contributed by atoms with Gasteiger partial charge in [0.2, 0.25) is 0 Å². The number of pyridine rings is 1. The highest BCUT2D eigenvalue weighted by atomic mass is 15.1. The minimum Gasteiger partial charge on any atom is -0.329 e. The van der Waals surface area contributed by atoms with Crippen molar-refractivity contribution in [3.63, 3.8) is 0 Å². The molecule has 2 N–H and O–H groups in total. The van der Waals surface area contributed by atoms with Crippen molar-refractivity contribution >= 4 is 11.2 Å². The summed E-state index contributed by atoms with van der Waals surface area (Å²) in [6, 6.07) is 4.26. The highest BCUT2D eigenvalue weighted by Crippen LogP contribution is 2.33. The summed E-state index contributed by atoms with van der Waals surface area (Å²) in [5.74, 6) is 1.50. The predicted molar refractivity (Wildman–Crippen MR) is 63.1 cm³/mol. The fourth-order valence-electron chi connectivity index (χ4n) is 2.68. The van der Waals surface area contributed by atoms with E-state index in [0.29, 0.717) is 5.92 Å². The van der Waals surface area contributed by atoms with Crippen molar-refractivity contribution in [1.29, 1.82) is 0 Å². The van der Waals surface area contributed by atoms with Gasteiger partial charge in [-0.25, -0.2) is 9.97 Å². The largest absolute Gasteiger partial charge is 0.329 e. The molecule has 0 radical (unpaired) electrons. The number of nitrogens with two attached hydrogens (primary N) is 1. The molecule has 2 aromatic heterocycles.